The van der Waals surface area contributed by atoms with Crippen LogP contribution in [0.2, 0.25) is 0 Å². The van der Waals surface area contributed by atoms with Crippen LogP contribution in [0.1, 0.15) is 61.3 Å². The van der Waals surface area contributed by atoms with Gasteiger partial charge >= 0.3 is 0 Å². The van der Waals surface area contributed by atoms with Crippen LogP contribution in [-0.2, 0) is 19.1 Å². The quantitative estimate of drug-likeness (QED) is 0.377. The average molecular weight is 385 g/mol. The van der Waals surface area contributed by atoms with Crippen molar-refractivity contribution < 1.29 is 19.1 Å². The molecule has 0 spiro atoms. The molecule has 0 saturated carbocycles. The van der Waals surface area contributed by atoms with Gasteiger partial charge in [0.25, 0.3) is 0 Å². The van der Waals surface area contributed by atoms with E-state index in [1.165, 1.54) is 0 Å². The molecule has 0 fully saturated rings. The summed E-state index contributed by atoms with van der Waals surface area (Å²) >= 11 is 0. The molecule has 0 aliphatic carbocycles. The van der Waals surface area contributed by atoms with Crippen molar-refractivity contribution in [2.24, 2.45) is 5.41 Å². The Hall–Kier alpha value is -1.24. The third-order valence-electron chi connectivity index (χ3n) is 3.76. The molecule has 0 heterocycles. The van der Waals surface area contributed by atoms with Gasteiger partial charge in [-0.15, -0.1) is 6.58 Å². The Kier molecular flexibility index (Phi) is 11.7. The first kappa shape index (κ1) is 25.8. The fourth-order valence-electron chi connectivity index (χ4n) is 2.30. The summed E-state index contributed by atoms with van der Waals surface area (Å²) in [5.74, 6) is -0.263. The van der Waals surface area contributed by atoms with Gasteiger partial charge in [0, 0.05) is 17.5 Å². The molecule has 2 N–H and O–H groups in total. The van der Waals surface area contributed by atoms with Crippen LogP contribution >= 0.6 is 0 Å². The Labute approximate surface area is 165 Å². The fraction of sp³-hybridized carbons (Fsp3) is 0.810. The molecule has 0 aromatic carbocycles. The van der Waals surface area contributed by atoms with Gasteiger partial charge in [-0.2, -0.15) is 0 Å². The number of Topliss-reactive ketones (excluding diaryl/α,β-unsaturated/α-hetero) is 1. The van der Waals surface area contributed by atoms with Crippen LogP contribution in [0.3, 0.4) is 0 Å². The van der Waals surface area contributed by atoms with Crippen LogP contribution in [0.15, 0.2) is 12.2 Å². The van der Waals surface area contributed by atoms with Crippen LogP contribution in [0, 0.1) is 5.41 Å². The van der Waals surface area contributed by atoms with Crippen LogP contribution in [0.4, 0.5) is 0 Å². The molecule has 0 aromatic heterocycles. The summed E-state index contributed by atoms with van der Waals surface area (Å²) in [6.07, 6.45) is 1.26. The smallest absolute Gasteiger partial charge is 0.246 e. The molecular formula is C21H40N2O4. The summed E-state index contributed by atoms with van der Waals surface area (Å²) < 4.78 is 10.8. The maximum Gasteiger partial charge on any atom is 0.246 e. The van der Waals surface area contributed by atoms with E-state index in [1.807, 2.05) is 27.7 Å². The highest BCUT2D eigenvalue weighted by molar-refractivity contribution is 5.92. The topological polar surface area (TPSA) is 76.7 Å². The van der Waals surface area contributed by atoms with Crippen LogP contribution < -0.4 is 10.6 Å². The highest BCUT2D eigenvalue weighted by Crippen LogP contribution is 2.20. The monoisotopic (exact) mass is 384 g/mol. The molecule has 0 rings (SSSR count). The molecule has 0 aromatic rings. The van der Waals surface area contributed by atoms with E-state index in [4.69, 9.17) is 9.47 Å². The van der Waals surface area contributed by atoms with Gasteiger partial charge < -0.3 is 20.1 Å². The molecule has 6 nitrogen and oxygen atoms in total. The van der Waals surface area contributed by atoms with Crippen LogP contribution in [0.5, 0.6) is 0 Å². The second kappa shape index (κ2) is 12.3. The fourth-order valence-corrected chi connectivity index (χ4v) is 2.30. The number of allylic oxidation sites excluding steroid dienone is 1. The van der Waals surface area contributed by atoms with E-state index in [1.54, 1.807) is 0 Å². The Balaban J connectivity index is 4.12. The number of ketones is 1. The standard InChI is InChI=1S/C21H40N2O4/c1-16(2)9-10-17(19(25)20(3,4)5)23-18(24)15-27-14-13-26-12-11-22-21(6,7)8/h17,22H,1,9-15H2,2-8H3,(H,23,24). The highest BCUT2D eigenvalue weighted by Gasteiger charge is 2.30. The van der Waals surface area contributed by atoms with Crippen molar-refractivity contribution in [3.05, 3.63) is 12.2 Å². The predicted octanol–water partition coefficient (Wildman–Crippen LogP) is 2.86. The van der Waals surface area contributed by atoms with Gasteiger partial charge in [-0.3, -0.25) is 9.59 Å². The van der Waals surface area contributed by atoms with Crippen molar-refractivity contribution in [2.75, 3.05) is 33.0 Å². The number of ether oxygens (including phenoxy) is 2. The van der Waals surface area contributed by atoms with Gasteiger partial charge in [0.15, 0.2) is 5.78 Å². The maximum absolute atomic E-state index is 12.5. The number of hydrogen-bond acceptors (Lipinski definition) is 5. The van der Waals surface area contributed by atoms with Crippen LogP contribution in [0.25, 0.3) is 0 Å². The second-order valence-electron chi connectivity index (χ2n) is 9.07. The lowest BCUT2D eigenvalue weighted by Gasteiger charge is -2.25. The third kappa shape index (κ3) is 14.5. The van der Waals surface area contributed by atoms with Crippen molar-refractivity contribution in [3.8, 4) is 0 Å². The van der Waals surface area contributed by atoms with E-state index in [9.17, 15) is 9.59 Å². The zero-order chi connectivity index (χ0) is 21.1. The summed E-state index contributed by atoms with van der Waals surface area (Å²) in [6, 6.07) is -0.516. The second-order valence-corrected chi connectivity index (χ2v) is 9.07. The van der Waals surface area contributed by atoms with Crippen molar-refractivity contribution in [1.82, 2.24) is 10.6 Å². The molecule has 27 heavy (non-hydrogen) atoms. The van der Waals surface area contributed by atoms with E-state index < -0.39 is 11.5 Å². The highest BCUT2D eigenvalue weighted by atomic mass is 16.5. The van der Waals surface area contributed by atoms with Gasteiger partial charge in [-0.25, -0.2) is 0 Å². The Morgan fingerprint density at radius 2 is 1.59 bits per heavy atom. The number of hydrogen-bond donors (Lipinski definition) is 2. The lowest BCUT2D eigenvalue weighted by molar-refractivity contribution is -0.134. The van der Waals surface area contributed by atoms with Crippen molar-refractivity contribution in [2.45, 2.75) is 72.9 Å². The minimum absolute atomic E-state index is 0.0202. The Bertz CT molecular complexity index is 476. The maximum atomic E-state index is 12.5. The minimum Gasteiger partial charge on any atom is -0.378 e. The first-order valence-corrected chi connectivity index (χ1v) is 9.71. The van der Waals surface area contributed by atoms with Crippen LogP contribution in [-0.4, -0.2) is 56.2 Å². The van der Waals surface area contributed by atoms with Gasteiger partial charge in [0.05, 0.1) is 25.9 Å². The molecule has 0 bridgehead atoms. The summed E-state index contributed by atoms with van der Waals surface area (Å²) in [6.45, 7) is 19.7. The molecule has 0 radical (unpaired) electrons. The molecule has 0 aliphatic heterocycles. The lowest BCUT2D eigenvalue weighted by atomic mass is 9.84. The largest absolute Gasteiger partial charge is 0.378 e. The zero-order valence-corrected chi connectivity index (χ0v) is 18.4. The number of amides is 1. The molecule has 1 atom stereocenters. The number of nitrogens with one attached hydrogen (secondary N) is 2. The summed E-state index contributed by atoms with van der Waals surface area (Å²) in [5, 5.41) is 6.13. The van der Waals surface area contributed by atoms with Gasteiger partial charge in [-0.1, -0.05) is 26.3 Å². The van der Waals surface area contributed by atoms with E-state index in [0.29, 0.717) is 32.7 Å². The average Bonchev–Trinajstić information content (AvgIpc) is 2.51. The predicted molar refractivity (Wildman–Crippen MR) is 110 cm³/mol. The first-order valence-electron chi connectivity index (χ1n) is 9.71. The van der Waals surface area contributed by atoms with E-state index in [-0.39, 0.29) is 23.8 Å². The number of carbonyl (C=O) groups excluding carboxylic acids is 2. The molecular weight excluding hydrogens is 344 g/mol. The third-order valence-corrected chi connectivity index (χ3v) is 3.76. The van der Waals surface area contributed by atoms with E-state index in [0.717, 1.165) is 12.1 Å². The van der Waals surface area contributed by atoms with Crippen molar-refractivity contribution in [3.63, 3.8) is 0 Å². The minimum atomic E-state index is -0.516. The molecule has 158 valence electrons. The van der Waals surface area contributed by atoms with Gasteiger partial charge in [0.2, 0.25) is 5.91 Å². The SMILES string of the molecule is C=C(C)CCC(NC(=O)COCCOCCNC(C)(C)C)C(=O)C(C)(C)C. The van der Waals surface area contributed by atoms with Gasteiger partial charge in [0.1, 0.15) is 6.61 Å². The summed E-state index contributed by atoms with van der Waals surface area (Å²) in [5.41, 5.74) is 0.552. The molecule has 0 aliphatic rings. The zero-order valence-electron chi connectivity index (χ0n) is 18.4. The number of rotatable bonds is 13. The Morgan fingerprint density at radius 3 is 2.11 bits per heavy atom. The number of carbonyl (C=O) groups is 2. The van der Waals surface area contributed by atoms with E-state index in [2.05, 4.69) is 38.0 Å². The normalized spacial score (nSPS) is 13.3. The first-order chi connectivity index (χ1) is 12.3. The Morgan fingerprint density at radius 1 is 1.00 bits per heavy atom. The lowest BCUT2D eigenvalue weighted by Crippen LogP contribution is -2.46. The molecule has 0 saturated heterocycles. The summed E-state index contributed by atoms with van der Waals surface area (Å²) in [7, 11) is 0. The van der Waals surface area contributed by atoms with Crippen molar-refractivity contribution in [1.29, 1.82) is 0 Å². The molecule has 1 unspecified atom stereocenters. The molecule has 6 heteroatoms. The molecule has 1 amide bonds. The van der Waals surface area contributed by atoms with E-state index >= 15 is 0 Å². The summed E-state index contributed by atoms with van der Waals surface area (Å²) in [4.78, 5) is 24.7. The van der Waals surface area contributed by atoms with Crippen molar-refractivity contribution >= 4 is 11.7 Å². The van der Waals surface area contributed by atoms with Gasteiger partial charge in [-0.05, 0) is 40.5 Å².